The molecule has 3 amide bonds. The maximum Gasteiger partial charge on any atom is 0.254 e. The van der Waals surface area contributed by atoms with Crippen LogP contribution in [0.4, 0.5) is 10.1 Å². The maximum atomic E-state index is 13.4. The average molecular weight is 480 g/mol. The van der Waals surface area contributed by atoms with E-state index in [4.69, 9.17) is 11.6 Å². The Balaban J connectivity index is 1.38. The van der Waals surface area contributed by atoms with Crippen LogP contribution >= 0.6 is 11.6 Å². The first-order chi connectivity index (χ1) is 16.4. The summed E-state index contributed by atoms with van der Waals surface area (Å²) in [7, 11) is 0. The minimum absolute atomic E-state index is 0.0893. The van der Waals surface area contributed by atoms with Gasteiger partial charge in [-0.2, -0.15) is 0 Å². The van der Waals surface area contributed by atoms with Crippen LogP contribution in [0.5, 0.6) is 0 Å². The highest BCUT2D eigenvalue weighted by atomic mass is 35.5. The summed E-state index contributed by atoms with van der Waals surface area (Å²) >= 11 is 6.02. The van der Waals surface area contributed by atoms with Gasteiger partial charge in [-0.25, -0.2) is 4.39 Å². The van der Waals surface area contributed by atoms with Crippen LogP contribution in [0.15, 0.2) is 72.8 Å². The second-order valence-corrected chi connectivity index (χ2v) is 8.50. The number of fused-ring (bicyclic) bond motifs is 1. The van der Waals surface area contributed by atoms with Gasteiger partial charge in [0.05, 0.1) is 17.7 Å². The van der Waals surface area contributed by atoms with Gasteiger partial charge in [-0.3, -0.25) is 14.4 Å². The molecule has 34 heavy (non-hydrogen) atoms. The van der Waals surface area contributed by atoms with Crippen molar-refractivity contribution in [2.24, 2.45) is 0 Å². The van der Waals surface area contributed by atoms with Gasteiger partial charge in [0.1, 0.15) is 11.9 Å². The fourth-order valence-electron chi connectivity index (χ4n) is 3.98. The second kappa shape index (κ2) is 10.5. The van der Waals surface area contributed by atoms with E-state index < -0.39 is 17.9 Å². The Morgan fingerprint density at radius 1 is 0.971 bits per heavy atom. The van der Waals surface area contributed by atoms with Crippen molar-refractivity contribution in [2.45, 2.75) is 24.8 Å². The quantitative estimate of drug-likeness (QED) is 0.473. The van der Waals surface area contributed by atoms with Crippen LogP contribution in [0.1, 0.15) is 40.2 Å². The molecule has 0 saturated carbocycles. The fraction of sp³-hybridized carbons (Fsp3) is 0.192. The number of nitrogens with one attached hydrogen (secondary N) is 3. The van der Waals surface area contributed by atoms with E-state index in [1.807, 2.05) is 12.1 Å². The number of amides is 3. The first kappa shape index (κ1) is 23.4. The molecule has 1 aliphatic heterocycles. The van der Waals surface area contributed by atoms with Crippen molar-refractivity contribution in [2.75, 3.05) is 11.9 Å². The largest absolute Gasteiger partial charge is 0.356 e. The number of rotatable bonds is 7. The van der Waals surface area contributed by atoms with Crippen molar-refractivity contribution in [1.82, 2.24) is 10.6 Å². The molecule has 3 N–H and O–H groups in total. The van der Waals surface area contributed by atoms with E-state index in [1.165, 1.54) is 12.1 Å². The highest BCUT2D eigenvalue weighted by Crippen LogP contribution is 2.29. The number of para-hydroxylation sites is 1. The highest BCUT2D eigenvalue weighted by Gasteiger charge is 2.29. The SMILES string of the molecule is O=C(C[C@H]1NC(=O)c2ccccc2NC1=O)NCC[C@@H](c1ccc(F)cc1)c1ccc(Cl)cc1. The topological polar surface area (TPSA) is 87.3 Å². The molecule has 0 saturated heterocycles. The molecule has 8 heteroatoms. The summed E-state index contributed by atoms with van der Waals surface area (Å²) in [5, 5.41) is 8.75. The van der Waals surface area contributed by atoms with Gasteiger partial charge in [0, 0.05) is 17.5 Å². The molecule has 0 aromatic heterocycles. The van der Waals surface area contributed by atoms with E-state index in [9.17, 15) is 18.8 Å². The van der Waals surface area contributed by atoms with Crippen LogP contribution in [0.3, 0.4) is 0 Å². The minimum atomic E-state index is -0.982. The summed E-state index contributed by atoms with van der Waals surface area (Å²) in [4.78, 5) is 37.5. The summed E-state index contributed by atoms with van der Waals surface area (Å²) in [6.07, 6.45) is 0.362. The lowest BCUT2D eigenvalue weighted by molar-refractivity contribution is -0.125. The van der Waals surface area contributed by atoms with Crippen LogP contribution in [-0.2, 0) is 9.59 Å². The smallest absolute Gasteiger partial charge is 0.254 e. The molecule has 6 nitrogen and oxygen atoms in total. The number of carbonyl (C=O) groups excluding carboxylic acids is 3. The molecule has 2 atom stereocenters. The number of carbonyl (C=O) groups is 3. The number of benzene rings is 3. The maximum absolute atomic E-state index is 13.4. The Morgan fingerprint density at radius 2 is 1.62 bits per heavy atom. The third-order valence-electron chi connectivity index (χ3n) is 5.74. The summed E-state index contributed by atoms with van der Waals surface area (Å²) in [5.74, 6) is -1.63. The Hall–Kier alpha value is -3.71. The van der Waals surface area contributed by atoms with Gasteiger partial charge in [0.25, 0.3) is 5.91 Å². The Bertz CT molecular complexity index is 1150. The molecular formula is C26H23ClFN3O3. The molecule has 0 bridgehead atoms. The Kier molecular flexibility index (Phi) is 7.23. The zero-order valence-electron chi connectivity index (χ0n) is 18.2. The minimum Gasteiger partial charge on any atom is -0.356 e. The van der Waals surface area contributed by atoms with Crippen molar-refractivity contribution in [1.29, 1.82) is 0 Å². The van der Waals surface area contributed by atoms with Crippen LogP contribution in [0, 0.1) is 5.82 Å². The van der Waals surface area contributed by atoms with Gasteiger partial charge in [0.2, 0.25) is 11.8 Å². The normalized spacial score (nSPS) is 16.0. The van der Waals surface area contributed by atoms with E-state index >= 15 is 0 Å². The summed E-state index contributed by atoms with van der Waals surface area (Å²) < 4.78 is 13.4. The van der Waals surface area contributed by atoms with Crippen LogP contribution in [-0.4, -0.2) is 30.3 Å². The molecule has 3 aromatic rings. The monoisotopic (exact) mass is 479 g/mol. The second-order valence-electron chi connectivity index (χ2n) is 8.06. The molecule has 0 radical (unpaired) electrons. The third kappa shape index (κ3) is 5.61. The summed E-state index contributed by atoms with van der Waals surface area (Å²) in [6.45, 7) is 0.325. The zero-order valence-corrected chi connectivity index (χ0v) is 18.9. The van der Waals surface area contributed by atoms with E-state index in [0.717, 1.165) is 11.1 Å². The Labute approximate surface area is 201 Å². The van der Waals surface area contributed by atoms with Gasteiger partial charge in [-0.15, -0.1) is 0 Å². The Morgan fingerprint density at radius 3 is 2.32 bits per heavy atom. The predicted octanol–water partition coefficient (Wildman–Crippen LogP) is 4.26. The molecule has 3 aromatic carbocycles. The van der Waals surface area contributed by atoms with Gasteiger partial charge in [-0.05, 0) is 53.9 Å². The highest BCUT2D eigenvalue weighted by molar-refractivity contribution is 6.30. The van der Waals surface area contributed by atoms with Crippen LogP contribution < -0.4 is 16.0 Å². The predicted molar refractivity (Wildman–Crippen MR) is 128 cm³/mol. The molecule has 1 aliphatic rings. The standard InChI is InChI=1S/C26H23ClFN3O3/c27-18-9-5-16(6-10-18)20(17-7-11-19(28)12-8-17)13-14-29-24(32)15-23-26(34)30-22-4-2-1-3-21(22)25(33)31-23/h1-12,20,23H,13-15H2,(H,29,32)(H,30,34)(H,31,33)/t20-,23-/m1/s1. The van der Waals surface area contributed by atoms with Crippen molar-refractivity contribution in [3.63, 3.8) is 0 Å². The van der Waals surface area contributed by atoms with E-state index in [2.05, 4.69) is 16.0 Å². The first-order valence-electron chi connectivity index (χ1n) is 10.9. The van der Waals surface area contributed by atoms with E-state index in [-0.39, 0.29) is 24.1 Å². The number of anilines is 1. The lowest BCUT2D eigenvalue weighted by Gasteiger charge is -2.19. The molecule has 4 rings (SSSR count). The van der Waals surface area contributed by atoms with Gasteiger partial charge in [0.15, 0.2) is 0 Å². The van der Waals surface area contributed by atoms with E-state index in [1.54, 1.807) is 48.5 Å². The summed E-state index contributed by atoms with van der Waals surface area (Å²) in [6, 6.07) is 19.3. The zero-order chi connectivity index (χ0) is 24.1. The first-order valence-corrected chi connectivity index (χ1v) is 11.3. The number of halogens is 2. The van der Waals surface area contributed by atoms with Gasteiger partial charge < -0.3 is 16.0 Å². The molecule has 0 spiro atoms. The van der Waals surface area contributed by atoms with E-state index in [0.29, 0.717) is 29.2 Å². The van der Waals surface area contributed by atoms with Gasteiger partial charge in [-0.1, -0.05) is 48.0 Å². The molecular weight excluding hydrogens is 457 g/mol. The molecule has 0 unspecified atom stereocenters. The van der Waals surface area contributed by atoms with Crippen molar-refractivity contribution in [3.05, 3.63) is 100 Å². The van der Waals surface area contributed by atoms with Crippen molar-refractivity contribution in [3.8, 4) is 0 Å². The fourth-order valence-corrected chi connectivity index (χ4v) is 4.11. The van der Waals surface area contributed by atoms with Crippen molar-refractivity contribution < 1.29 is 18.8 Å². The van der Waals surface area contributed by atoms with Crippen LogP contribution in [0.2, 0.25) is 5.02 Å². The van der Waals surface area contributed by atoms with Gasteiger partial charge >= 0.3 is 0 Å². The summed E-state index contributed by atoms with van der Waals surface area (Å²) in [5.41, 5.74) is 2.66. The lowest BCUT2D eigenvalue weighted by Crippen LogP contribution is -2.44. The molecule has 0 fully saturated rings. The average Bonchev–Trinajstić information content (AvgIpc) is 2.94. The molecule has 174 valence electrons. The molecule has 0 aliphatic carbocycles. The lowest BCUT2D eigenvalue weighted by atomic mass is 9.88. The van der Waals surface area contributed by atoms with Crippen LogP contribution in [0.25, 0.3) is 0 Å². The number of hydrogen-bond acceptors (Lipinski definition) is 3. The number of hydrogen-bond donors (Lipinski definition) is 3. The third-order valence-corrected chi connectivity index (χ3v) is 5.99. The molecule has 1 heterocycles. The van der Waals surface area contributed by atoms with Crippen molar-refractivity contribution >= 4 is 35.0 Å².